The number of phenols is 1. The van der Waals surface area contributed by atoms with Crippen molar-refractivity contribution in [3.8, 4) is 11.5 Å². The molecule has 7 rings (SSSR count). The molecular formula is C67H119N9O17S2. The second-order valence-corrected chi connectivity index (χ2v) is 23.4. The van der Waals surface area contributed by atoms with E-state index in [1.807, 2.05) is 25.1 Å². The summed E-state index contributed by atoms with van der Waals surface area (Å²) in [5.74, 6) is -4.19. The van der Waals surface area contributed by atoms with E-state index in [1.165, 1.54) is 42.5 Å². The maximum absolute atomic E-state index is 14.5. The van der Waals surface area contributed by atoms with Crippen LogP contribution >= 0.6 is 13.5 Å². The number of nitrogens with zero attached hydrogens (tertiary/aromatic N) is 2. The number of aliphatic hydroxyl groups is 2. The van der Waals surface area contributed by atoms with E-state index in [1.54, 1.807) is 42.5 Å². The first-order valence-electron chi connectivity index (χ1n) is 29.0. The minimum atomic E-state index is -4.02. The summed E-state index contributed by atoms with van der Waals surface area (Å²) in [6, 6.07) is 14.5. The first kappa shape index (κ1) is 99.1. The predicted molar refractivity (Wildman–Crippen MR) is 382 cm³/mol. The summed E-state index contributed by atoms with van der Waals surface area (Å²) in [5, 5.41) is 47.1. The monoisotopic (exact) mass is 1390 g/mol. The minimum absolute atomic E-state index is 0. The molecule has 3 aliphatic heterocycles. The highest BCUT2D eigenvalue weighted by Crippen LogP contribution is 2.26. The molecule has 4 aromatic carbocycles. The van der Waals surface area contributed by atoms with E-state index in [0.717, 1.165) is 52.5 Å². The number of nitrogens with one attached hydrogen (secondary N) is 5. The fraction of sp³-hybridized carbons (Fsp3) is 0.567. The molecule has 0 radical (unpaired) electrons. The van der Waals surface area contributed by atoms with Gasteiger partial charge in [0.05, 0.1) is 23.7 Å². The van der Waals surface area contributed by atoms with Crippen LogP contribution in [-0.4, -0.2) is 183 Å². The molecule has 546 valence electrons. The van der Waals surface area contributed by atoms with Gasteiger partial charge in [0.1, 0.15) is 47.8 Å². The number of carbonyl (C=O) groups excluding carboxylic acids is 7. The zero-order valence-electron chi connectivity index (χ0n) is 50.0. The Hall–Kier alpha value is -6.99. The average Bonchev–Trinajstić information content (AvgIpc) is 1.79. The Kier molecular flexibility index (Phi) is 49.9. The summed E-state index contributed by atoms with van der Waals surface area (Å²) in [6.45, 7) is 5.88. The lowest BCUT2D eigenvalue weighted by atomic mass is 10.0. The normalized spacial score (nSPS) is 20.7. The quantitative estimate of drug-likeness (QED) is 0.0474. The fourth-order valence-electron chi connectivity index (χ4n) is 10.4. The van der Waals surface area contributed by atoms with E-state index in [9.17, 15) is 57.3 Å². The van der Waals surface area contributed by atoms with Crippen molar-refractivity contribution in [3.63, 3.8) is 0 Å². The molecule has 0 unspecified atom stereocenters. The first-order chi connectivity index (χ1) is 40.1. The lowest BCUT2D eigenvalue weighted by Crippen LogP contribution is -2.61. The Morgan fingerprint density at radius 2 is 1.29 bits per heavy atom. The van der Waals surface area contributed by atoms with Crippen molar-refractivity contribution >= 4 is 75.7 Å². The highest BCUT2D eigenvalue weighted by Gasteiger charge is 2.45. The molecule has 3 aliphatic rings. The number of unbranched alkanes of at least 4 members (excludes halogenated alkanes) is 5. The van der Waals surface area contributed by atoms with Gasteiger partial charge in [0.25, 0.3) is 16.0 Å². The number of phenolic OH excluding ortho intramolecular Hbond substituents is 1. The van der Waals surface area contributed by atoms with Gasteiger partial charge in [-0.15, -0.1) is 0 Å². The summed E-state index contributed by atoms with van der Waals surface area (Å²) in [5.41, 5.74) is 14.1. The number of amides is 7. The Labute approximate surface area is 572 Å². The Bertz CT molecular complexity index is 3020. The van der Waals surface area contributed by atoms with E-state index < -0.39 is 106 Å². The molecule has 19 N–H and O–H groups in total. The standard InChI is InChI=1S/C53H75N9O11.C7H8O3S.7CH4.3H2O.H2S/c1-3-4-5-6-9-25-73-40-21-18-34-26-36(17-16-35(34)27-40)47(66)57-41-12-10-24-56-50(69)45-29-39(65)31-62(45)52(71)43(11-7-8-23-54)59-48(67)42(22-15-33-13-19-38(64)20-14-33)58-51(70)44-28-37(55)30-61(44)53(72)46(32(2)63)60-49(41)68;1-6-2-4-7(5-3-6)11(8,9)10;;;;;;;;;;;/h13-14,16-21,26-27,32,37,39,41-46,63-65H,3-12,15,22-25,28-31,54-55H2,1-2H3,(H,56,69)(H,57,66)(H,58,70)(H,59,67)(H,60,68);2-5H,1H3,(H,8,9,10);7*1H4;4*1H2/t32-,37+,39+,41+,42+,43+,44+,45+,46+;;;;;;;;;;;;/m1............/s1. The molecule has 3 fully saturated rings. The Morgan fingerprint density at radius 1 is 0.705 bits per heavy atom. The molecule has 3 heterocycles. The Morgan fingerprint density at radius 3 is 1.91 bits per heavy atom. The zero-order chi connectivity index (χ0) is 61.1. The first-order valence-corrected chi connectivity index (χ1v) is 30.4. The van der Waals surface area contributed by atoms with Gasteiger partial charge in [-0.1, -0.05) is 127 Å². The largest absolute Gasteiger partial charge is 0.508 e. The number of fused-ring (bicyclic) bond motifs is 3. The summed E-state index contributed by atoms with van der Waals surface area (Å²) < 4.78 is 35.5. The van der Waals surface area contributed by atoms with Crippen LogP contribution in [0.15, 0.2) is 89.8 Å². The van der Waals surface area contributed by atoms with Gasteiger partial charge in [0, 0.05) is 37.7 Å². The van der Waals surface area contributed by atoms with Gasteiger partial charge in [-0.2, -0.15) is 21.9 Å². The number of rotatable bonds is 18. The molecule has 0 bridgehead atoms. The molecule has 95 heavy (non-hydrogen) atoms. The van der Waals surface area contributed by atoms with Crippen LogP contribution in [0.5, 0.6) is 11.5 Å². The summed E-state index contributed by atoms with van der Waals surface area (Å²) in [6.07, 6.45) is 4.29. The second kappa shape index (κ2) is 47.8. The number of hydrogen-bond donors (Lipinski definition) is 11. The lowest BCUT2D eigenvalue weighted by molar-refractivity contribution is -0.144. The number of nitrogens with two attached hydrogens (primary N) is 2. The smallest absolute Gasteiger partial charge is 0.294 e. The van der Waals surface area contributed by atoms with Crippen molar-refractivity contribution in [2.75, 3.05) is 32.8 Å². The predicted octanol–water partition coefficient (Wildman–Crippen LogP) is 4.72. The van der Waals surface area contributed by atoms with Crippen LogP contribution in [0.3, 0.4) is 0 Å². The number of hydrogen-bond acceptors (Lipinski definition) is 15. The molecular weight excluding hydrogens is 1270 g/mol. The van der Waals surface area contributed by atoms with Crippen molar-refractivity contribution in [3.05, 3.63) is 102 Å². The molecule has 26 nitrogen and oxygen atoms in total. The maximum Gasteiger partial charge on any atom is 0.294 e. The van der Waals surface area contributed by atoms with Crippen LogP contribution in [0.1, 0.15) is 171 Å². The van der Waals surface area contributed by atoms with E-state index >= 15 is 0 Å². The molecule has 0 aromatic heterocycles. The van der Waals surface area contributed by atoms with Crippen molar-refractivity contribution in [1.82, 2.24) is 36.4 Å². The van der Waals surface area contributed by atoms with Crippen LogP contribution in [0, 0.1) is 6.92 Å². The van der Waals surface area contributed by atoms with Gasteiger partial charge in [0.15, 0.2) is 0 Å². The third-order valence-electron chi connectivity index (χ3n) is 15.2. The summed E-state index contributed by atoms with van der Waals surface area (Å²) >= 11 is 0. The molecule has 0 saturated carbocycles. The third kappa shape index (κ3) is 29.5. The van der Waals surface area contributed by atoms with E-state index in [2.05, 4.69) is 33.5 Å². The van der Waals surface area contributed by atoms with Crippen LogP contribution in [0.2, 0.25) is 0 Å². The van der Waals surface area contributed by atoms with Gasteiger partial charge in [0.2, 0.25) is 35.4 Å². The Balaban J connectivity index is -0.000000818. The van der Waals surface area contributed by atoms with Gasteiger partial charge in [-0.3, -0.25) is 38.1 Å². The number of carbonyl (C=O) groups is 7. The molecule has 4 aromatic rings. The van der Waals surface area contributed by atoms with Crippen molar-refractivity contribution < 1.29 is 83.0 Å². The maximum atomic E-state index is 14.5. The lowest BCUT2D eigenvalue weighted by Gasteiger charge is -2.32. The molecule has 0 aliphatic carbocycles. The summed E-state index contributed by atoms with van der Waals surface area (Å²) in [7, 11) is -4.02. The second-order valence-electron chi connectivity index (χ2n) is 22.0. The minimum Gasteiger partial charge on any atom is -0.508 e. The highest BCUT2D eigenvalue weighted by atomic mass is 32.2. The number of benzene rings is 4. The SMILES string of the molecule is C.C.C.C.C.C.C.CCCCCCCOc1ccc2cc(C(=O)N[C@H]3CCCNC(=O)[C@@H]4C[C@H](O)CN4C(=O)[C@H](CCCCN)NC(=O)[C@H](CCc4ccc(O)cc4)NC(=O)[C@@H]4C[C@H](N)CN4C(=O)[C@H]([C@@H](C)O)NC3=O)ccc2c1.Cc1ccc(S(=O)(=O)O)cc1.O.O.O.S. The van der Waals surface area contributed by atoms with E-state index in [-0.39, 0.29) is 163 Å². The average molecular weight is 1390 g/mol. The number of aliphatic hydroxyl groups excluding tert-OH is 2. The van der Waals surface area contributed by atoms with Crippen LogP contribution < -0.4 is 42.8 Å². The molecule has 3 saturated heterocycles. The van der Waals surface area contributed by atoms with E-state index in [0.29, 0.717) is 31.7 Å². The van der Waals surface area contributed by atoms with Crippen molar-refractivity contribution in [1.29, 1.82) is 0 Å². The van der Waals surface area contributed by atoms with Crippen molar-refractivity contribution in [2.45, 2.75) is 222 Å². The van der Waals surface area contributed by atoms with Gasteiger partial charge >= 0.3 is 0 Å². The number of aryl methyl sites for hydroxylation is 2. The van der Waals surface area contributed by atoms with Crippen molar-refractivity contribution in [2.24, 2.45) is 11.5 Å². The highest BCUT2D eigenvalue weighted by molar-refractivity contribution is 7.85. The zero-order valence-corrected chi connectivity index (χ0v) is 51.9. The number of aromatic hydroxyl groups is 1. The van der Waals surface area contributed by atoms with E-state index in [4.69, 9.17) is 20.8 Å². The molecule has 0 spiro atoms. The molecule has 7 amide bonds. The molecule has 28 heteroatoms. The van der Waals surface area contributed by atoms with Crippen LogP contribution in [-0.2, 0) is 45.3 Å². The number of ether oxygens (including phenoxy) is 1. The van der Waals surface area contributed by atoms with Crippen LogP contribution in [0.25, 0.3) is 10.8 Å². The van der Waals surface area contributed by atoms with Crippen LogP contribution in [0.4, 0.5) is 0 Å². The topological polar surface area (TPSA) is 457 Å². The molecule has 9 atom stereocenters. The third-order valence-corrected chi connectivity index (χ3v) is 16.1. The van der Waals surface area contributed by atoms with Gasteiger partial charge in [-0.25, -0.2) is 0 Å². The summed E-state index contributed by atoms with van der Waals surface area (Å²) in [4.78, 5) is 102. The van der Waals surface area contributed by atoms with Gasteiger partial charge < -0.3 is 84.3 Å². The van der Waals surface area contributed by atoms with Gasteiger partial charge in [-0.05, 0) is 143 Å². The fourth-order valence-corrected chi connectivity index (χ4v) is 10.9.